The van der Waals surface area contributed by atoms with Crippen molar-refractivity contribution in [3.8, 4) is 0 Å². The van der Waals surface area contributed by atoms with Crippen molar-refractivity contribution >= 4 is 17.3 Å². The van der Waals surface area contributed by atoms with Gasteiger partial charge in [0.25, 0.3) is 0 Å². The van der Waals surface area contributed by atoms with Crippen LogP contribution < -0.4 is 10.6 Å². The molecule has 0 aromatic heterocycles. The molecule has 120 valence electrons. The fourth-order valence-electron chi connectivity index (χ4n) is 3.47. The molecule has 3 nitrogen and oxygen atoms in total. The maximum Gasteiger partial charge on any atom is 0.227 e. The number of fused-ring (bicyclic) bond motifs is 1. The van der Waals surface area contributed by atoms with E-state index in [1.165, 1.54) is 16.7 Å². The van der Waals surface area contributed by atoms with Crippen molar-refractivity contribution in [2.24, 2.45) is 0 Å². The molecule has 2 aromatic rings. The van der Waals surface area contributed by atoms with Gasteiger partial charge in [-0.1, -0.05) is 24.3 Å². The predicted octanol–water partition coefficient (Wildman–Crippen LogP) is 3.80. The Kier molecular flexibility index (Phi) is 4.37. The third kappa shape index (κ3) is 3.24. The molecule has 0 radical (unpaired) electrons. The van der Waals surface area contributed by atoms with Gasteiger partial charge < -0.3 is 10.6 Å². The molecule has 2 N–H and O–H groups in total. The zero-order chi connectivity index (χ0) is 16.4. The molecule has 1 aliphatic heterocycles. The molecule has 0 bridgehead atoms. The summed E-state index contributed by atoms with van der Waals surface area (Å²) in [6.07, 6.45) is 3.30. The maximum atomic E-state index is 12.8. The van der Waals surface area contributed by atoms with Crippen molar-refractivity contribution in [2.45, 2.75) is 39.5 Å². The number of hydrogen-bond acceptors (Lipinski definition) is 2. The summed E-state index contributed by atoms with van der Waals surface area (Å²) in [6, 6.07) is 12.1. The van der Waals surface area contributed by atoms with Crippen LogP contribution in [-0.4, -0.2) is 12.5 Å². The molecule has 3 heteroatoms. The molecule has 1 heterocycles. The van der Waals surface area contributed by atoms with Crippen molar-refractivity contribution in [1.82, 2.24) is 0 Å². The summed E-state index contributed by atoms with van der Waals surface area (Å²) in [7, 11) is 0. The first-order valence-electron chi connectivity index (χ1n) is 8.30. The number of benzene rings is 2. The average Bonchev–Trinajstić information content (AvgIpc) is 2.53. The van der Waals surface area contributed by atoms with E-state index >= 15 is 0 Å². The first-order valence-corrected chi connectivity index (χ1v) is 8.30. The lowest BCUT2D eigenvalue weighted by Gasteiger charge is -2.31. The van der Waals surface area contributed by atoms with Crippen LogP contribution in [0.25, 0.3) is 0 Å². The van der Waals surface area contributed by atoms with E-state index in [1.54, 1.807) is 0 Å². The van der Waals surface area contributed by atoms with Gasteiger partial charge in [-0.25, -0.2) is 0 Å². The van der Waals surface area contributed by atoms with Crippen LogP contribution in [0.4, 0.5) is 11.4 Å². The van der Waals surface area contributed by atoms with Crippen molar-refractivity contribution in [1.29, 1.82) is 0 Å². The van der Waals surface area contributed by atoms with Gasteiger partial charge in [0.05, 0.1) is 0 Å². The maximum absolute atomic E-state index is 12.8. The Labute approximate surface area is 138 Å². The van der Waals surface area contributed by atoms with Crippen LogP contribution >= 0.6 is 0 Å². The minimum absolute atomic E-state index is 0.194. The van der Waals surface area contributed by atoms with E-state index in [2.05, 4.69) is 26.0 Å². The number of amides is 1. The number of nitrogen functional groups attached to an aromatic ring is 1. The van der Waals surface area contributed by atoms with Gasteiger partial charge >= 0.3 is 0 Å². The Morgan fingerprint density at radius 2 is 2.00 bits per heavy atom. The van der Waals surface area contributed by atoms with Gasteiger partial charge in [-0.3, -0.25) is 4.79 Å². The van der Waals surface area contributed by atoms with Gasteiger partial charge in [0.15, 0.2) is 0 Å². The Balaban J connectivity index is 1.78. The van der Waals surface area contributed by atoms with E-state index < -0.39 is 0 Å². The van der Waals surface area contributed by atoms with Crippen molar-refractivity contribution in [2.75, 3.05) is 17.2 Å². The highest BCUT2D eigenvalue weighted by molar-refractivity contribution is 5.95. The molecule has 0 fully saturated rings. The van der Waals surface area contributed by atoms with Gasteiger partial charge in [-0.05, 0) is 67.5 Å². The molecule has 23 heavy (non-hydrogen) atoms. The standard InChI is InChI=1S/C20H24N2O/c1-14-12-15(2)17-7-5-11-22(19(17)13-14)20(23)10-9-16-6-3-4-8-18(16)21/h3-4,6,8,12-13H,5,7,9-11,21H2,1-2H3. The Morgan fingerprint density at radius 3 is 2.78 bits per heavy atom. The van der Waals surface area contributed by atoms with E-state index in [0.717, 1.165) is 36.3 Å². The minimum Gasteiger partial charge on any atom is -0.399 e. The Bertz CT molecular complexity index is 736. The summed E-state index contributed by atoms with van der Waals surface area (Å²) >= 11 is 0. The number of anilines is 2. The Morgan fingerprint density at radius 1 is 1.22 bits per heavy atom. The molecule has 0 unspecified atom stereocenters. The number of para-hydroxylation sites is 1. The highest BCUT2D eigenvalue weighted by Gasteiger charge is 2.23. The number of aryl methyl sites for hydroxylation is 3. The van der Waals surface area contributed by atoms with E-state index in [9.17, 15) is 4.79 Å². The average molecular weight is 308 g/mol. The monoisotopic (exact) mass is 308 g/mol. The molecule has 2 aromatic carbocycles. The second kappa shape index (κ2) is 6.45. The molecule has 0 saturated carbocycles. The summed E-state index contributed by atoms with van der Waals surface area (Å²) in [5.74, 6) is 0.194. The minimum atomic E-state index is 0.194. The normalized spacial score (nSPS) is 13.7. The number of carbonyl (C=O) groups is 1. The lowest BCUT2D eigenvalue weighted by molar-refractivity contribution is -0.118. The molecule has 3 rings (SSSR count). The van der Waals surface area contributed by atoms with E-state index in [0.29, 0.717) is 12.8 Å². The molecule has 0 aliphatic carbocycles. The predicted molar refractivity (Wildman–Crippen MR) is 95.8 cm³/mol. The molecule has 0 spiro atoms. The van der Waals surface area contributed by atoms with E-state index in [1.807, 2.05) is 29.2 Å². The number of hydrogen-bond donors (Lipinski definition) is 1. The van der Waals surface area contributed by atoms with Crippen LogP contribution in [0.5, 0.6) is 0 Å². The lowest BCUT2D eigenvalue weighted by atomic mass is 9.94. The first-order chi connectivity index (χ1) is 11.1. The fraction of sp³-hybridized carbons (Fsp3) is 0.350. The van der Waals surface area contributed by atoms with Gasteiger partial charge in [-0.2, -0.15) is 0 Å². The quantitative estimate of drug-likeness (QED) is 0.877. The number of rotatable bonds is 3. The van der Waals surface area contributed by atoms with Crippen LogP contribution in [-0.2, 0) is 17.6 Å². The van der Waals surface area contributed by atoms with Crippen LogP contribution in [0, 0.1) is 13.8 Å². The third-order valence-electron chi connectivity index (χ3n) is 4.66. The summed E-state index contributed by atoms with van der Waals surface area (Å²) in [6.45, 7) is 5.05. The zero-order valence-electron chi connectivity index (χ0n) is 13.9. The fourth-order valence-corrected chi connectivity index (χ4v) is 3.47. The van der Waals surface area contributed by atoms with Crippen LogP contribution in [0.1, 0.15) is 35.1 Å². The van der Waals surface area contributed by atoms with Crippen molar-refractivity contribution in [3.05, 3.63) is 58.7 Å². The molecule has 0 saturated heterocycles. The highest BCUT2D eigenvalue weighted by Crippen LogP contribution is 2.31. The van der Waals surface area contributed by atoms with Gasteiger partial charge in [0, 0.05) is 24.3 Å². The molecule has 1 amide bonds. The molecular weight excluding hydrogens is 284 g/mol. The number of nitrogens with zero attached hydrogens (tertiary/aromatic N) is 1. The van der Waals surface area contributed by atoms with Gasteiger partial charge in [0.1, 0.15) is 0 Å². The molecule has 1 aliphatic rings. The SMILES string of the molecule is Cc1cc(C)c2c(c1)N(C(=O)CCc1ccccc1N)CCC2. The second-order valence-corrected chi connectivity index (χ2v) is 6.43. The van der Waals surface area contributed by atoms with E-state index in [4.69, 9.17) is 5.73 Å². The summed E-state index contributed by atoms with van der Waals surface area (Å²) < 4.78 is 0. The second-order valence-electron chi connectivity index (χ2n) is 6.43. The largest absolute Gasteiger partial charge is 0.399 e. The van der Waals surface area contributed by atoms with Crippen LogP contribution in [0.3, 0.4) is 0 Å². The summed E-state index contributed by atoms with van der Waals surface area (Å²) in [5, 5.41) is 0. The van der Waals surface area contributed by atoms with Crippen molar-refractivity contribution in [3.63, 3.8) is 0 Å². The van der Waals surface area contributed by atoms with Crippen LogP contribution in [0.2, 0.25) is 0 Å². The topological polar surface area (TPSA) is 46.3 Å². The number of carbonyl (C=O) groups excluding carboxylic acids is 1. The molecule has 0 atom stereocenters. The van der Waals surface area contributed by atoms with Crippen LogP contribution in [0.15, 0.2) is 36.4 Å². The summed E-state index contributed by atoms with van der Waals surface area (Å²) in [4.78, 5) is 14.7. The van der Waals surface area contributed by atoms with Gasteiger partial charge in [0.2, 0.25) is 5.91 Å². The van der Waals surface area contributed by atoms with Gasteiger partial charge in [-0.15, -0.1) is 0 Å². The first kappa shape index (κ1) is 15.6. The molecular formula is C20H24N2O. The van der Waals surface area contributed by atoms with Crippen molar-refractivity contribution < 1.29 is 4.79 Å². The zero-order valence-corrected chi connectivity index (χ0v) is 13.9. The van der Waals surface area contributed by atoms with E-state index in [-0.39, 0.29) is 5.91 Å². The Hall–Kier alpha value is -2.29. The lowest BCUT2D eigenvalue weighted by Crippen LogP contribution is -2.36. The highest BCUT2D eigenvalue weighted by atomic mass is 16.2. The summed E-state index contributed by atoms with van der Waals surface area (Å²) in [5.41, 5.74) is 12.8. The number of nitrogens with two attached hydrogens (primary N) is 1. The smallest absolute Gasteiger partial charge is 0.227 e. The third-order valence-corrected chi connectivity index (χ3v) is 4.66.